The Morgan fingerprint density at radius 1 is 1.43 bits per heavy atom. The van der Waals surface area contributed by atoms with Crippen LogP contribution in [0.25, 0.3) is 0 Å². The lowest BCUT2D eigenvalue weighted by Crippen LogP contribution is -2.11. The van der Waals surface area contributed by atoms with Crippen molar-refractivity contribution in [1.29, 1.82) is 0 Å². The molecule has 14 heavy (non-hydrogen) atoms. The number of isocyanates is 1. The maximum Gasteiger partial charge on any atom is 0.235 e. The summed E-state index contributed by atoms with van der Waals surface area (Å²) in [6, 6.07) is 6.09. The Labute approximate surface area is 84.1 Å². The van der Waals surface area contributed by atoms with E-state index >= 15 is 0 Å². The summed E-state index contributed by atoms with van der Waals surface area (Å²) >= 11 is 0. The molecule has 1 aromatic carbocycles. The van der Waals surface area contributed by atoms with Gasteiger partial charge in [-0.3, -0.25) is 0 Å². The van der Waals surface area contributed by atoms with Gasteiger partial charge in [-0.2, -0.15) is 0 Å². The normalized spacial score (nSPS) is 9.36. The average molecular weight is 190 g/mol. The van der Waals surface area contributed by atoms with Crippen LogP contribution in [-0.4, -0.2) is 20.2 Å². The SMILES string of the molecule is Cc1ccc(CN=C=O)c(N(C)C)c1. The van der Waals surface area contributed by atoms with E-state index in [-0.39, 0.29) is 0 Å². The minimum absolute atomic E-state index is 0.400. The van der Waals surface area contributed by atoms with E-state index in [0.29, 0.717) is 6.54 Å². The number of hydrogen-bond donors (Lipinski definition) is 0. The molecule has 0 aliphatic heterocycles. The molecule has 0 aliphatic carbocycles. The van der Waals surface area contributed by atoms with Crippen LogP contribution < -0.4 is 4.90 Å². The molecule has 0 aromatic heterocycles. The molecule has 74 valence electrons. The summed E-state index contributed by atoms with van der Waals surface area (Å²) in [6.07, 6.45) is 1.55. The van der Waals surface area contributed by atoms with Gasteiger partial charge in [0.1, 0.15) is 0 Å². The molecule has 0 fully saturated rings. The van der Waals surface area contributed by atoms with Crippen molar-refractivity contribution in [1.82, 2.24) is 0 Å². The van der Waals surface area contributed by atoms with Crippen LogP contribution in [0.3, 0.4) is 0 Å². The monoisotopic (exact) mass is 190 g/mol. The Bertz CT molecular complexity index is 366. The van der Waals surface area contributed by atoms with Crippen LogP contribution in [0, 0.1) is 6.92 Å². The Hall–Kier alpha value is -1.60. The standard InChI is InChI=1S/C11H14N2O/c1-9-4-5-10(7-12-8-14)11(6-9)13(2)3/h4-6H,7H2,1-3H3. The molecular formula is C11H14N2O. The molecule has 0 spiro atoms. The third-order valence-electron chi connectivity index (χ3n) is 2.04. The van der Waals surface area contributed by atoms with E-state index < -0.39 is 0 Å². The van der Waals surface area contributed by atoms with Gasteiger partial charge in [0.15, 0.2) is 0 Å². The van der Waals surface area contributed by atoms with Gasteiger partial charge in [0.25, 0.3) is 0 Å². The minimum atomic E-state index is 0.400. The van der Waals surface area contributed by atoms with Crippen LogP contribution in [0.15, 0.2) is 23.2 Å². The number of nitrogens with zero attached hydrogens (tertiary/aromatic N) is 2. The van der Waals surface area contributed by atoms with E-state index in [0.717, 1.165) is 11.3 Å². The van der Waals surface area contributed by atoms with E-state index in [2.05, 4.69) is 11.1 Å². The second kappa shape index (κ2) is 4.58. The van der Waals surface area contributed by atoms with Gasteiger partial charge >= 0.3 is 0 Å². The van der Waals surface area contributed by atoms with Crippen molar-refractivity contribution in [2.45, 2.75) is 13.5 Å². The quantitative estimate of drug-likeness (QED) is 0.538. The van der Waals surface area contributed by atoms with Gasteiger partial charge in [-0.25, -0.2) is 9.79 Å². The summed E-state index contributed by atoms with van der Waals surface area (Å²) < 4.78 is 0. The number of aryl methyl sites for hydroxylation is 1. The molecule has 3 heteroatoms. The zero-order chi connectivity index (χ0) is 10.6. The molecule has 0 saturated heterocycles. The second-order valence-corrected chi connectivity index (χ2v) is 3.43. The Morgan fingerprint density at radius 3 is 2.71 bits per heavy atom. The molecule has 0 heterocycles. The lowest BCUT2D eigenvalue weighted by molar-refractivity contribution is 0.563. The molecule has 0 bridgehead atoms. The largest absolute Gasteiger partial charge is 0.377 e. The molecule has 0 N–H and O–H groups in total. The van der Waals surface area contributed by atoms with Crippen LogP contribution in [0.5, 0.6) is 0 Å². The van der Waals surface area contributed by atoms with Crippen LogP contribution in [0.1, 0.15) is 11.1 Å². The number of rotatable bonds is 3. The van der Waals surface area contributed by atoms with Gasteiger partial charge in [-0.15, -0.1) is 0 Å². The summed E-state index contributed by atoms with van der Waals surface area (Å²) in [7, 11) is 3.95. The molecule has 3 nitrogen and oxygen atoms in total. The Balaban J connectivity index is 3.07. The van der Waals surface area contributed by atoms with Crippen molar-refractivity contribution < 1.29 is 4.79 Å². The van der Waals surface area contributed by atoms with Crippen LogP contribution in [-0.2, 0) is 11.3 Å². The zero-order valence-electron chi connectivity index (χ0n) is 8.74. The van der Waals surface area contributed by atoms with Crippen LogP contribution >= 0.6 is 0 Å². The topological polar surface area (TPSA) is 32.7 Å². The molecule has 0 aliphatic rings. The maximum absolute atomic E-state index is 10.0. The van der Waals surface area contributed by atoms with Gasteiger partial charge in [-0.05, 0) is 24.1 Å². The lowest BCUT2D eigenvalue weighted by atomic mass is 10.1. The van der Waals surface area contributed by atoms with E-state index in [1.165, 1.54) is 5.56 Å². The fourth-order valence-electron chi connectivity index (χ4n) is 1.34. The van der Waals surface area contributed by atoms with Crippen molar-refractivity contribution in [3.8, 4) is 0 Å². The van der Waals surface area contributed by atoms with Crippen molar-refractivity contribution >= 4 is 11.8 Å². The highest BCUT2D eigenvalue weighted by molar-refractivity contribution is 5.54. The molecule has 1 rings (SSSR count). The molecule has 1 aromatic rings. The van der Waals surface area contributed by atoms with Crippen LogP contribution in [0.2, 0.25) is 0 Å². The molecule has 0 unspecified atom stereocenters. The van der Waals surface area contributed by atoms with E-state index in [9.17, 15) is 4.79 Å². The highest BCUT2D eigenvalue weighted by Gasteiger charge is 2.03. The van der Waals surface area contributed by atoms with E-state index in [1.807, 2.05) is 38.1 Å². The van der Waals surface area contributed by atoms with Crippen molar-refractivity contribution in [3.63, 3.8) is 0 Å². The number of hydrogen-bond acceptors (Lipinski definition) is 3. The highest BCUT2D eigenvalue weighted by Crippen LogP contribution is 2.20. The number of benzene rings is 1. The van der Waals surface area contributed by atoms with E-state index in [4.69, 9.17) is 0 Å². The second-order valence-electron chi connectivity index (χ2n) is 3.43. The number of anilines is 1. The summed E-state index contributed by atoms with van der Waals surface area (Å²) in [5.74, 6) is 0. The predicted molar refractivity (Wildman–Crippen MR) is 57.3 cm³/mol. The third kappa shape index (κ3) is 2.44. The molecule has 0 atom stereocenters. The highest BCUT2D eigenvalue weighted by atomic mass is 16.1. The van der Waals surface area contributed by atoms with Crippen LogP contribution in [0.4, 0.5) is 5.69 Å². The van der Waals surface area contributed by atoms with Gasteiger partial charge < -0.3 is 4.90 Å². The third-order valence-corrected chi connectivity index (χ3v) is 2.04. The zero-order valence-corrected chi connectivity index (χ0v) is 8.74. The first-order valence-electron chi connectivity index (χ1n) is 4.45. The number of aliphatic imine (C=N–C) groups is 1. The summed E-state index contributed by atoms with van der Waals surface area (Å²) in [4.78, 5) is 15.6. The molecule has 0 saturated carbocycles. The fraction of sp³-hybridized carbons (Fsp3) is 0.364. The first-order chi connectivity index (χ1) is 6.65. The average Bonchev–Trinajstić information content (AvgIpc) is 2.15. The first kappa shape index (κ1) is 10.5. The maximum atomic E-state index is 10.0. The predicted octanol–water partition coefficient (Wildman–Crippen LogP) is 1.90. The molecule has 0 radical (unpaired) electrons. The fourth-order valence-corrected chi connectivity index (χ4v) is 1.34. The van der Waals surface area contributed by atoms with Crippen molar-refractivity contribution in [2.24, 2.45) is 4.99 Å². The van der Waals surface area contributed by atoms with Gasteiger partial charge in [0.05, 0.1) is 6.54 Å². The molecule has 0 amide bonds. The van der Waals surface area contributed by atoms with Gasteiger partial charge in [0, 0.05) is 19.8 Å². The summed E-state index contributed by atoms with van der Waals surface area (Å²) in [6.45, 7) is 2.44. The Morgan fingerprint density at radius 2 is 2.14 bits per heavy atom. The Kier molecular flexibility index (Phi) is 3.43. The minimum Gasteiger partial charge on any atom is -0.377 e. The first-order valence-corrected chi connectivity index (χ1v) is 4.45. The summed E-state index contributed by atoms with van der Waals surface area (Å²) in [5, 5.41) is 0. The smallest absolute Gasteiger partial charge is 0.235 e. The van der Waals surface area contributed by atoms with Gasteiger partial charge in [0.2, 0.25) is 6.08 Å². The van der Waals surface area contributed by atoms with Crippen molar-refractivity contribution in [3.05, 3.63) is 29.3 Å². The summed E-state index contributed by atoms with van der Waals surface area (Å²) in [5.41, 5.74) is 3.35. The van der Waals surface area contributed by atoms with Gasteiger partial charge in [-0.1, -0.05) is 12.1 Å². The lowest BCUT2D eigenvalue weighted by Gasteiger charge is -2.16. The molecular weight excluding hydrogens is 176 g/mol. The van der Waals surface area contributed by atoms with Crippen molar-refractivity contribution in [2.75, 3.05) is 19.0 Å². The van der Waals surface area contributed by atoms with E-state index in [1.54, 1.807) is 6.08 Å². The number of carbonyl (C=O) groups excluding carboxylic acids is 1.